The third-order valence-corrected chi connectivity index (χ3v) is 3.67. The van der Waals surface area contributed by atoms with Crippen molar-refractivity contribution in [2.45, 2.75) is 26.0 Å². The number of fused-ring (bicyclic) bond motifs is 1. The first-order chi connectivity index (χ1) is 8.09. The molecule has 0 radical (unpaired) electrons. The lowest BCUT2D eigenvalue weighted by Gasteiger charge is -2.19. The molecule has 2 N–H and O–H groups in total. The summed E-state index contributed by atoms with van der Waals surface area (Å²) in [4.78, 5) is 0. The summed E-state index contributed by atoms with van der Waals surface area (Å²) in [6.45, 7) is 3.76. The number of rotatable bonds is 3. The van der Waals surface area contributed by atoms with E-state index in [4.69, 9.17) is 0 Å². The topological polar surface area (TPSA) is 32.3 Å². The van der Waals surface area contributed by atoms with Gasteiger partial charge in [0.15, 0.2) is 0 Å². The summed E-state index contributed by atoms with van der Waals surface area (Å²) in [6, 6.07) is 12.3. The van der Waals surface area contributed by atoms with E-state index in [0.29, 0.717) is 0 Å². The van der Waals surface area contributed by atoms with E-state index in [2.05, 4.69) is 33.4 Å². The highest BCUT2D eigenvalue weighted by Gasteiger charge is 2.10. The van der Waals surface area contributed by atoms with E-state index in [-0.39, 0.29) is 12.1 Å². The van der Waals surface area contributed by atoms with E-state index >= 15 is 0 Å². The van der Waals surface area contributed by atoms with Gasteiger partial charge in [-0.25, -0.2) is 0 Å². The normalized spacial score (nSPS) is 14.6. The van der Waals surface area contributed by atoms with E-state index in [9.17, 15) is 5.11 Å². The molecule has 0 aromatic heterocycles. The van der Waals surface area contributed by atoms with Crippen LogP contribution in [0.25, 0.3) is 10.8 Å². The van der Waals surface area contributed by atoms with Crippen molar-refractivity contribution in [3.63, 3.8) is 0 Å². The molecule has 2 aromatic rings. The monoisotopic (exact) mass is 293 g/mol. The lowest BCUT2D eigenvalue weighted by atomic mass is 10.1. The minimum atomic E-state index is -0.377. The van der Waals surface area contributed by atoms with E-state index < -0.39 is 0 Å². The van der Waals surface area contributed by atoms with Crippen LogP contribution in [0.5, 0.6) is 0 Å². The Morgan fingerprint density at radius 1 is 1.06 bits per heavy atom. The van der Waals surface area contributed by atoms with Crippen molar-refractivity contribution in [3.05, 3.63) is 40.9 Å². The van der Waals surface area contributed by atoms with Crippen molar-refractivity contribution >= 4 is 32.4 Å². The summed E-state index contributed by atoms with van der Waals surface area (Å²) in [6.07, 6.45) is -0.377. The van der Waals surface area contributed by atoms with Crippen LogP contribution in [0.4, 0.5) is 5.69 Å². The zero-order valence-electron chi connectivity index (χ0n) is 9.94. The lowest BCUT2D eigenvalue weighted by Crippen LogP contribution is -2.27. The first-order valence-electron chi connectivity index (χ1n) is 5.71. The molecule has 2 atom stereocenters. The van der Waals surface area contributed by atoms with Crippen LogP contribution in [-0.2, 0) is 0 Å². The Kier molecular flexibility index (Phi) is 3.69. The van der Waals surface area contributed by atoms with Gasteiger partial charge in [-0.1, -0.05) is 40.2 Å². The number of benzene rings is 2. The Labute approximate surface area is 110 Å². The number of nitrogens with one attached hydrogen (secondary N) is 1. The second-order valence-electron chi connectivity index (χ2n) is 4.31. The van der Waals surface area contributed by atoms with E-state index in [1.54, 1.807) is 6.92 Å². The van der Waals surface area contributed by atoms with Gasteiger partial charge in [0.25, 0.3) is 0 Å². The highest BCUT2D eigenvalue weighted by atomic mass is 79.9. The average Bonchev–Trinajstić information content (AvgIpc) is 2.33. The molecule has 2 aromatic carbocycles. The first kappa shape index (κ1) is 12.4. The van der Waals surface area contributed by atoms with Crippen LogP contribution in [-0.4, -0.2) is 17.3 Å². The molecule has 2 rings (SSSR count). The van der Waals surface area contributed by atoms with E-state index in [1.807, 2.05) is 31.2 Å². The van der Waals surface area contributed by atoms with Gasteiger partial charge in [-0.3, -0.25) is 0 Å². The van der Waals surface area contributed by atoms with E-state index in [0.717, 1.165) is 15.5 Å². The quantitative estimate of drug-likeness (QED) is 0.903. The minimum absolute atomic E-state index is 0.0274. The van der Waals surface area contributed by atoms with Gasteiger partial charge >= 0.3 is 0 Å². The van der Waals surface area contributed by atoms with Crippen LogP contribution in [0.15, 0.2) is 40.9 Å². The maximum Gasteiger partial charge on any atom is 0.0710 e. The number of anilines is 1. The SMILES string of the molecule is CC(O)C(C)Nc1ccc(Br)c2ccccc12. The fraction of sp³-hybridized carbons (Fsp3) is 0.286. The molecular formula is C14H16BrNO. The summed E-state index contributed by atoms with van der Waals surface area (Å²) in [7, 11) is 0. The molecule has 0 aliphatic carbocycles. The Bertz CT molecular complexity index is 525. The second kappa shape index (κ2) is 5.07. The van der Waals surface area contributed by atoms with Crippen molar-refractivity contribution in [1.29, 1.82) is 0 Å². The predicted octanol–water partition coefficient (Wildman–Crippen LogP) is 3.78. The van der Waals surface area contributed by atoms with Gasteiger partial charge in [0.1, 0.15) is 0 Å². The minimum Gasteiger partial charge on any atom is -0.391 e. The number of halogens is 1. The van der Waals surface area contributed by atoms with Crippen LogP contribution < -0.4 is 5.32 Å². The number of aliphatic hydroxyl groups excluding tert-OH is 1. The van der Waals surface area contributed by atoms with Crippen molar-refractivity contribution in [2.75, 3.05) is 5.32 Å². The van der Waals surface area contributed by atoms with Gasteiger partial charge in [-0.2, -0.15) is 0 Å². The van der Waals surface area contributed by atoms with Gasteiger partial charge in [0.05, 0.1) is 6.10 Å². The molecule has 0 saturated carbocycles. The molecule has 0 saturated heterocycles. The standard InChI is InChI=1S/C14H16BrNO/c1-9(10(2)17)16-14-8-7-13(15)11-5-3-4-6-12(11)14/h3-10,16-17H,1-2H3. The molecule has 3 heteroatoms. The third-order valence-electron chi connectivity index (χ3n) is 2.98. The number of hydrogen-bond acceptors (Lipinski definition) is 2. The summed E-state index contributed by atoms with van der Waals surface area (Å²) in [5.41, 5.74) is 1.05. The van der Waals surface area contributed by atoms with Crippen molar-refractivity contribution in [2.24, 2.45) is 0 Å². The Morgan fingerprint density at radius 3 is 2.35 bits per heavy atom. The van der Waals surface area contributed by atoms with Gasteiger partial charge in [-0.15, -0.1) is 0 Å². The molecule has 0 bridgehead atoms. The van der Waals surface area contributed by atoms with Crippen LogP contribution in [0.3, 0.4) is 0 Å². The molecule has 2 nitrogen and oxygen atoms in total. The van der Waals surface area contributed by atoms with E-state index in [1.165, 1.54) is 5.39 Å². The number of aliphatic hydroxyl groups is 1. The first-order valence-corrected chi connectivity index (χ1v) is 6.50. The van der Waals surface area contributed by atoms with Crippen LogP contribution in [0, 0.1) is 0 Å². The highest BCUT2D eigenvalue weighted by molar-refractivity contribution is 9.10. The molecule has 0 amide bonds. The second-order valence-corrected chi connectivity index (χ2v) is 5.17. The maximum absolute atomic E-state index is 9.54. The molecule has 2 unspecified atom stereocenters. The molecule has 0 aliphatic heterocycles. The summed E-state index contributed by atoms with van der Waals surface area (Å²) < 4.78 is 1.09. The zero-order valence-corrected chi connectivity index (χ0v) is 11.5. The Morgan fingerprint density at radius 2 is 1.71 bits per heavy atom. The van der Waals surface area contributed by atoms with Crippen LogP contribution in [0.2, 0.25) is 0 Å². The smallest absolute Gasteiger partial charge is 0.0710 e. The molecule has 90 valence electrons. The average molecular weight is 294 g/mol. The van der Waals surface area contributed by atoms with Crippen LogP contribution >= 0.6 is 15.9 Å². The van der Waals surface area contributed by atoms with Crippen molar-refractivity contribution < 1.29 is 5.11 Å². The highest BCUT2D eigenvalue weighted by Crippen LogP contribution is 2.30. The largest absolute Gasteiger partial charge is 0.391 e. The van der Waals surface area contributed by atoms with Crippen LogP contribution in [0.1, 0.15) is 13.8 Å². The van der Waals surface area contributed by atoms with Gasteiger partial charge < -0.3 is 10.4 Å². The van der Waals surface area contributed by atoms with Crippen molar-refractivity contribution in [1.82, 2.24) is 0 Å². The lowest BCUT2D eigenvalue weighted by molar-refractivity contribution is 0.178. The third kappa shape index (κ3) is 2.61. The Balaban J connectivity index is 2.45. The van der Waals surface area contributed by atoms with Crippen molar-refractivity contribution in [3.8, 4) is 0 Å². The summed E-state index contributed by atoms with van der Waals surface area (Å²) in [5, 5.41) is 15.2. The summed E-state index contributed by atoms with van der Waals surface area (Å²) >= 11 is 3.55. The molecule has 0 heterocycles. The molecule has 17 heavy (non-hydrogen) atoms. The molecule has 0 aliphatic rings. The molecule has 0 fully saturated rings. The van der Waals surface area contributed by atoms with Gasteiger partial charge in [0.2, 0.25) is 0 Å². The Hall–Kier alpha value is -1.06. The maximum atomic E-state index is 9.54. The van der Waals surface area contributed by atoms with Gasteiger partial charge in [-0.05, 0) is 31.4 Å². The number of hydrogen-bond donors (Lipinski definition) is 2. The fourth-order valence-corrected chi connectivity index (χ4v) is 2.23. The predicted molar refractivity (Wildman–Crippen MR) is 76.4 cm³/mol. The molecule has 0 spiro atoms. The summed E-state index contributed by atoms with van der Waals surface area (Å²) in [5.74, 6) is 0. The van der Waals surface area contributed by atoms with Gasteiger partial charge in [0, 0.05) is 21.6 Å². The molecular weight excluding hydrogens is 278 g/mol. The fourth-order valence-electron chi connectivity index (χ4n) is 1.75. The zero-order chi connectivity index (χ0) is 12.4.